The molecule has 2 heterocycles. The minimum absolute atomic E-state index is 0.102. The highest BCUT2D eigenvalue weighted by Gasteiger charge is 2.19. The molecule has 0 aliphatic rings. The van der Waals surface area contributed by atoms with Crippen LogP contribution in [-0.2, 0) is 0 Å². The molecular formula is C21H15N3OS2. The molecule has 0 spiro atoms. The molecular weight excluding hydrogens is 374 g/mol. The largest absolute Gasteiger partial charge is 0.268 e. The summed E-state index contributed by atoms with van der Waals surface area (Å²) in [5.74, 6) is 0.237. The van der Waals surface area contributed by atoms with E-state index in [9.17, 15) is 4.79 Å². The summed E-state index contributed by atoms with van der Waals surface area (Å²) < 4.78 is 1.64. The van der Waals surface area contributed by atoms with Gasteiger partial charge in [0.25, 0.3) is 5.56 Å². The van der Waals surface area contributed by atoms with Gasteiger partial charge in [-0.05, 0) is 24.1 Å². The maximum absolute atomic E-state index is 13.6. The molecule has 0 aliphatic carbocycles. The van der Waals surface area contributed by atoms with E-state index in [2.05, 4.69) is 6.07 Å². The molecule has 0 saturated heterocycles. The topological polar surface area (TPSA) is 58.7 Å². The van der Waals surface area contributed by atoms with E-state index in [0.717, 1.165) is 22.4 Å². The number of aryl methyl sites for hydroxylation is 1. The number of nitriles is 1. The standard InChI is InChI=1S/C21H15N3OS2/c1-14-7-5-6-10-17(14)24-20(25)18-16(15-8-3-2-4-9-15)13-27-19(18)23-21(24)26-12-11-22/h2-10,13H,12H2,1H3. The molecule has 132 valence electrons. The monoisotopic (exact) mass is 389 g/mol. The van der Waals surface area contributed by atoms with E-state index in [0.29, 0.717) is 15.4 Å². The molecule has 0 bridgehead atoms. The van der Waals surface area contributed by atoms with Crippen LogP contribution < -0.4 is 5.56 Å². The Morgan fingerprint density at radius 3 is 2.63 bits per heavy atom. The molecule has 27 heavy (non-hydrogen) atoms. The van der Waals surface area contributed by atoms with Gasteiger partial charge in [0.2, 0.25) is 0 Å². The van der Waals surface area contributed by atoms with E-state index in [4.69, 9.17) is 10.2 Å². The van der Waals surface area contributed by atoms with Crippen LogP contribution in [0.4, 0.5) is 0 Å². The van der Waals surface area contributed by atoms with Gasteiger partial charge in [-0.15, -0.1) is 11.3 Å². The zero-order valence-corrected chi connectivity index (χ0v) is 16.2. The summed E-state index contributed by atoms with van der Waals surface area (Å²) in [5.41, 5.74) is 3.57. The fourth-order valence-electron chi connectivity index (χ4n) is 3.02. The normalized spacial score (nSPS) is 10.8. The average Bonchev–Trinajstić information content (AvgIpc) is 3.12. The lowest BCUT2D eigenvalue weighted by molar-refractivity contribution is 0.818. The molecule has 0 amide bonds. The first-order valence-electron chi connectivity index (χ1n) is 8.36. The molecule has 4 nitrogen and oxygen atoms in total. The van der Waals surface area contributed by atoms with Crippen molar-refractivity contribution >= 4 is 33.3 Å². The summed E-state index contributed by atoms with van der Waals surface area (Å²) in [5, 5.41) is 12.1. The van der Waals surface area contributed by atoms with Crippen LogP contribution in [0.25, 0.3) is 27.0 Å². The van der Waals surface area contributed by atoms with Crippen molar-refractivity contribution in [3.05, 3.63) is 75.9 Å². The molecule has 0 unspecified atom stereocenters. The van der Waals surface area contributed by atoms with Crippen molar-refractivity contribution in [3.63, 3.8) is 0 Å². The zero-order valence-electron chi connectivity index (χ0n) is 14.5. The first kappa shape index (κ1) is 17.5. The number of hydrogen-bond donors (Lipinski definition) is 0. The molecule has 4 aromatic rings. The van der Waals surface area contributed by atoms with E-state index in [1.807, 2.05) is 66.9 Å². The molecule has 2 aromatic carbocycles. The van der Waals surface area contributed by atoms with Gasteiger partial charge in [0.05, 0.1) is 22.9 Å². The van der Waals surface area contributed by atoms with E-state index >= 15 is 0 Å². The van der Waals surface area contributed by atoms with Crippen molar-refractivity contribution in [1.29, 1.82) is 5.26 Å². The number of thiophene rings is 1. The number of hydrogen-bond acceptors (Lipinski definition) is 5. The fraction of sp³-hybridized carbons (Fsp3) is 0.0952. The highest BCUT2D eigenvalue weighted by Crippen LogP contribution is 2.33. The van der Waals surface area contributed by atoms with Gasteiger partial charge < -0.3 is 0 Å². The first-order valence-corrected chi connectivity index (χ1v) is 10.2. The Kier molecular flexibility index (Phi) is 4.80. The predicted octanol–water partition coefficient (Wildman–Crippen LogP) is 5.04. The minimum atomic E-state index is -0.102. The van der Waals surface area contributed by atoms with Crippen LogP contribution in [0.5, 0.6) is 0 Å². The van der Waals surface area contributed by atoms with Crippen LogP contribution in [0.2, 0.25) is 0 Å². The van der Waals surface area contributed by atoms with E-state index < -0.39 is 0 Å². The van der Waals surface area contributed by atoms with Gasteiger partial charge in [-0.1, -0.05) is 60.3 Å². The van der Waals surface area contributed by atoms with E-state index in [-0.39, 0.29) is 11.3 Å². The molecule has 0 N–H and O–H groups in total. The maximum Gasteiger partial charge on any atom is 0.268 e. The van der Waals surface area contributed by atoms with Gasteiger partial charge >= 0.3 is 0 Å². The number of fused-ring (bicyclic) bond motifs is 1. The van der Waals surface area contributed by atoms with Crippen LogP contribution in [0.1, 0.15) is 5.56 Å². The average molecular weight is 390 g/mol. The summed E-state index contributed by atoms with van der Waals surface area (Å²) in [6.07, 6.45) is 0. The summed E-state index contributed by atoms with van der Waals surface area (Å²) in [7, 11) is 0. The lowest BCUT2D eigenvalue weighted by atomic mass is 10.1. The second-order valence-electron chi connectivity index (χ2n) is 5.96. The van der Waals surface area contributed by atoms with Crippen molar-refractivity contribution in [3.8, 4) is 22.9 Å². The Bertz CT molecular complexity index is 1220. The van der Waals surface area contributed by atoms with Gasteiger partial charge in [-0.3, -0.25) is 9.36 Å². The van der Waals surface area contributed by atoms with Gasteiger partial charge in [0.1, 0.15) is 4.83 Å². The third kappa shape index (κ3) is 3.16. The van der Waals surface area contributed by atoms with Crippen LogP contribution in [0.15, 0.2) is 69.9 Å². The first-order chi connectivity index (χ1) is 13.2. The molecule has 4 rings (SSSR count). The van der Waals surface area contributed by atoms with Gasteiger partial charge in [-0.25, -0.2) is 4.98 Å². The summed E-state index contributed by atoms with van der Waals surface area (Å²) in [4.78, 5) is 19.0. The number of nitrogens with zero attached hydrogens (tertiary/aromatic N) is 3. The van der Waals surface area contributed by atoms with E-state index in [1.54, 1.807) is 4.57 Å². The summed E-state index contributed by atoms with van der Waals surface area (Å²) in [6.45, 7) is 1.97. The number of aromatic nitrogens is 2. The Labute approximate surface area is 164 Å². The highest BCUT2D eigenvalue weighted by atomic mass is 32.2. The second kappa shape index (κ2) is 7.39. The highest BCUT2D eigenvalue weighted by molar-refractivity contribution is 7.99. The van der Waals surface area contributed by atoms with Crippen LogP contribution in [0.3, 0.4) is 0 Å². The Balaban J connectivity index is 2.05. The van der Waals surface area contributed by atoms with E-state index in [1.165, 1.54) is 23.1 Å². The van der Waals surface area contributed by atoms with Crippen molar-refractivity contribution in [2.24, 2.45) is 0 Å². The third-order valence-corrected chi connectivity index (χ3v) is 5.96. The SMILES string of the molecule is Cc1ccccc1-n1c(SCC#N)nc2scc(-c3ccccc3)c2c1=O. The van der Waals surface area contributed by atoms with Crippen LogP contribution in [0, 0.1) is 18.3 Å². The zero-order chi connectivity index (χ0) is 18.8. The van der Waals surface area contributed by atoms with Crippen molar-refractivity contribution in [2.45, 2.75) is 12.1 Å². The third-order valence-electron chi connectivity index (χ3n) is 4.28. The molecule has 0 aliphatic heterocycles. The lowest BCUT2D eigenvalue weighted by Gasteiger charge is -2.13. The molecule has 2 aromatic heterocycles. The molecule has 6 heteroatoms. The number of benzene rings is 2. The Hall–Kier alpha value is -2.88. The van der Waals surface area contributed by atoms with Crippen molar-refractivity contribution in [2.75, 3.05) is 5.75 Å². The predicted molar refractivity (Wildman–Crippen MR) is 112 cm³/mol. The van der Waals surface area contributed by atoms with Gasteiger partial charge in [0, 0.05) is 10.9 Å². The van der Waals surface area contributed by atoms with Crippen LogP contribution in [-0.4, -0.2) is 15.3 Å². The number of para-hydroxylation sites is 1. The fourth-order valence-corrected chi connectivity index (χ4v) is 4.68. The smallest absolute Gasteiger partial charge is 0.268 e. The maximum atomic E-state index is 13.6. The Morgan fingerprint density at radius 2 is 1.89 bits per heavy atom. The summed E-state index contributed by atoms with van der Waals surface area (Å²) in [6, 6.07) is 19.7. The Morgan fingerprint density at radius 1 is 1.15 bits per heavy atom. The van der Waals surface area contributed by atoms with Crippen LogP contribution >= 0.6 is 23.1 Å². The van der Waals surface area contributed by atoms with Crippen molar-refractivity contribution in [1.82, 2.24) is 9.55 Å². The molecule has 0 atom stereocenters. The quantitative estimate of drug-likeness (QED) is 0.362. The number of thioether (sulfide) groups is 1. The van der Waals surface area contributed by atoms with Crippen molar-refractivity contribution < 1.29 is 0 Å². The molecule has 0 radical (unpaired) electrons. The summed E-state index contributed by atoms with van der Waals surface area (Å²) >= 11 is 2.74. The lowest BCUT2D eigenvalue weighted by Crippen LogP contribution is -2.22. The van der Waals surface area contributed by atoms with Gasteiger partial charge in [0.15, 0.2) is 5.16 Å². The molecule has 0 saturated carbocycles. The minimum Gasteiger partial charge on any atom is -0.268 e. The van der Waals surface area contributed by atoms with Gasteiger partial charge in [-0.2, -0.15) is 5.26 Å². The second-order valence-corrected chi connectivity index (χ2v) is 7.76. The number of rotatable bonds is 4. The molecule has 0 fully saturated rings.